The fourth-order valence-corrected chi connectivity index (χ4v) is 11.3. The second-order valence-corrected chi connectivity index (χ2v) is 14.9. The van der Waals surface area contributed by atoms with E-state index in [1.165, 1.54) is 30.5 Å². The van der Waals surface area contributed by atoms with Gasteiger partial charge in [-0.3, -0.25) is 15.0 Å². The van der Waals surface area contributed by atoms with Gasteiger partial charge in [0.2, 0.25) is 5.91 Å². The monoisotopic (exact) mass is 619 g/mol. The number of ether oxygens (including phenoxy) is 3. The van der Waals surface area contributed by atoms with Crippen LogP contribution in [0.4, 0.5) is 0 Å². The third-order valence-electron chi connectivity index (χ3n) is 13.2. The molecule has 1 amide bonds. The van der Waals surface area contributed by atoms with Crippen LogP contribution >= 0.6 is 0 Å². The predicted molar refractivity (Wildman–Crippen MR) is 176 cm³/mol. The summed E-state index contributed by atoms with van der Waals surface area (Å²) < 4.78 is 20.2. The van der Waals surface area contributed by atoms with E-state index < -0.39 is 11.6 Å². The Kier molecular flexibility index (Phi) is 6.45. The number of amides is 1. The molecule has 2 spiro atoms. The van der Waals surface area contributed by atoms with Crippen LogP contribution in [0.1, 0.15) is 72.9 Å². The van der Waals surface area contributed by atoms with E-state index in [4.69, 9.17) is 19.9 Å². The van der Waals surface area contributed by atoms with Crippen LogP contribution in [0.3, 0.4) is 0 Å². The van der Waals surface area contributed by atoms with Crippen LogP contribution in [0.15, 0.2) is 72.8 Å². The van der Waals surface area contributed by atoms with Crippen molar-refractivity contribution in [3.05, 3.63) is 95.1 Å². The van der Waals surface area contributed by atoms with Crippen molar-refractivity contribution in [2.24, 2.45) is 23.0 Å². The molecule has 4 bridgehead atoms. The van der Waals surface area contributed by atoms with Crippen LogP contribution in [0.25, 0.3) is 0 Å². The molecule has 2 heterocycles. The topological polar surface area (TPSA) is 86.0 Å². The standard InChI is InChI=1S/C39H45N3O4/c1-44-29-16-15-27-21-30-37-17-18-39(45-2,36-38(37,31(27)34(29)46-36)19-20-42(30)23-24-13-14-24)28(22-37)32(25-9-5-3-6-10-25)41-33(35(40)43)26-11-7-4-8-12-26/h3-12,15-16,24,28,30,32-33,36,41H,13-14,17-23H2,1-2H3,(H2,40,43)/t28-,30-,32?,33?,36-,37-,38+,39-/m1/s1. The summed E-state index contributed by atoms with van der Waals surface area (Å²) in [7, 11) is 3.65. The van der Waals surface area contributed by atoms with Crippen molar-refractivity contribution < 1.29 is 19.0 Å². The first-order chi connectivity index (χ1) is 22.5. The number of benzene rings is 3. The summed E-state index contributed by atoms with van der Waals surface area (Å²) in [6.07, 6.45) is 7.70. The Morgan fingerprint density at radius 1 is 1.00 bits per heavy atom. The number of nitrogens with zero attached hydrogens (tertiary/aromatic N) is 1. The molecule has 2 unspecified atom stereocenters. The molecule has 2 aliphatic heterocycles. The number of hydrogen-bond acceptors (Lipinski definition) is 6. The zero-order valence-electron chi connectivity index (χ0n) is 26.9. The summed E-state index contributed by atoms with van der Waals surface area (Å²) in [5, 5.41) is 3.85. The zero-order chi connectivity index (χ0) is 31.3. The van der Waals surface area contributed by atoms with Crippen LogP contribution < -0.4 is 20.5 Å². The number of carbonyl (C=O) groups is 1. The van der Waals surface area contributed by atoms with Gasteiger partial charge in [-0.2, -0.15) is 0 Å². The molecule has 240 valence electrons. The minimum atomic E-state index is -0.641. The van der Waals surface area contributed by atoms with E-state index in [1.807, 2.05) is 37.4 Å². The third-order valence-corrected chi connectivity index (χ3v) is 13.2. The van der Waals surface area contributed by atoms with Gasteiger partial charge >= 0.3 is 0 Å². The van der Waals surface area contributed by atoms with Gasteiger partial charge in [0.25, 0.3) is 0 Å². The maximum absolute atomic E-state index is 13.2. The van der Waals surface area contributed by atoms with Crippen molar-refractivity contribution in [3.63, 3.8) is 0 Å². The van der Waals surface area contributed by atoms with Crippen LogP contribution in [0.2, 0.25) is 0 Å². The van der Waals surface area contributed by atoms with E-state index in [1.54, 1.807) is 7.11 Å². The Hall–Kier alpha value is -3.39. The van der Waals surface area contributed by atoms with Crippen molar-refractivity contribution >= 4 is 5.91 Å². The SMILES string of the molecule is COc1ccc2c3c1O[C@H]1[C@@]4(OC)CC[C@@]5(C[C@@H]4C(NC(C(N)=O)c4ccccc4)c4ccccc4)[C@@H](C2)N(CC2CC2)CC[C@]315. The van der Waals surface area contributed by atoms with Crippen molar-refractivity contribution in [1.82, 2.24) is 10.2 Å². The van der Waals surface area contributed by atoms with E-state index in [2.05, 4.69) is 52.7 Å². The average Bonchev–Trinajstić information content (AvgIpc) is 3.83. The molecule has 3 N–H and O–H groups in total. The first-order valence-electron chi connectivity index (χ1n) is 17.3. The first-order valence-corrected chi connectivity index (χ1v) is 17.3. The number of piperidine rings is 1. The number of methoxy groups -OCH3 is 2. The fourth-order valence-electron chi connectivity index (χ4n) is 11.3. The van der Waals surface area contributed by atoms with E-state index in [0.717, 1.165) is 67.2 Å². The molecule has 3 aromatic rings. The normalized spacial score (nSPS) is 34.8. The Bertz CT molecular complexity index is 1660. The number of nitrogens with two attached hydrogens (primary N) is 1. The predicted octanol–water partition coefficient (Wildman–Crippen LogP) is 5.48. The molecule has 7 aliphatic rings. The van der Waals surface area contributed by atoms with Crippen LogP contribution in [0.5, 0.6) is 11.5 Å². The lowest BCUT2D eigenvalue weighted by Crippen LogP contribution is -2.81. The van der Waals surface area contributed by atoms with E-state index in [-0.39, 0.29) is 34.8 Å². The molecule has 5 fully saturated rings. The van der Waals surface area contributed by atoms with Gasteiger partial charge in [0.05, 0.1) is 7.11 Å². The van der Waals surface area contributed by atoms with E-state index in [9.17, 15) is 4.79 Å². The number of fused-ring (bicyclic) bond motifs is 2. The summed E-state index contributed by atoms with van der Waals surface area (Å²) in [6.45, 7) is 2.30. The smallest absolute Gasteiger partial charge is 0.239 e. The lowest BCUT2D eigenvalue weighted by Gasteiger charge is -2.74. The van der Waals surface area contributed by atoms with Gasteiger partial charge in [-0.25, -0.2) is 0 Å². The Balaban J connectivity index is 1.23. The number of primary amides is 1. The van der Waals surface area contributed by atoms with Gasteiger partial charge in [-0.1, -0.05) is 66.7 Å². The lowest BCUT2D eigenvalue weighted by atomic mass is 9.34. The minimum Gasteiger partial charge on any atom is -0.493 e. The molecule has 5 aliphatic carbocycles. The highest BCUT2D eigenvalue weighted by atomic mass is 16.6. The molecular formula is C39H45N3O4. The molecule has 0 aromatic heterocycles. The number of likely N-dealkylation sites (tertiary alicyclic amines) is 1. The molecule has 46 heavy (non-hydrogen) atoms. The summed E-state index contributed by atoms with van der Waals surface area (Å²) >= 11 is 0. The fraction of sp³-hybridized carbons (Fsp3) is 0.513. The van der Waals surface area contributed by atoms with Gasteiger partial charge in [0, 0.05) is 48.0 Å². The van der Waals surface area contributed by atoms with Crippen molar-refractivity contribution in [2.45, 2.75) is 80.2 Å². The number of carbonyl (C=O) groups excluding carboxylic acids is 1. The van der Waals surface area contributed by atoms with Gasteiger partial charge < -0.3 is 19.9 Å². The highest BCUT2D eigenvalue weighted by molar-refractivity contribution is 5.81. The molecule has 7 heteroatoms. The average molecular weight is 620 g/mol. The number of hydrogen-bond donors (Lipinski definition) is 2. The van der Waals surface area contributed by atoms with Crippen LogP contribution in [-0.4, -0.2) is 55.9 Å². The van der Waals surface area contributed by atoms with Crippen molar-refractivity contribution in [1.29, 1.82) is 0 Å². The second-order valence-electron chi connectivity index (χ2n) is 14.9. The van der Waals surface area contributed by atoms with E-state index >= 15 is 0 Å². The number of rotatable bonds is 10. The summed E-state index contributed by atoms with van der Waals surface area (Å²) in [5.74, 6) is 2.27. The van der Waals surface area contributed by atoms with Gasteiger partial charge in [-0.05, 0) is 80.2 Å². The maximum atomic E-state index is 13.2. The molecule has 8 atom stereocenters. The zero-order valence-corrected chi connectivity index (χ0v) is 26.9. The third kappa shape index (κ3) is 3.73. The molecule has 0 radical (unpaired) electrons. The summed E-state index contributed by atoms with van der Waals surface area (Å²) in [5.41, 5.74) is 10.3. The molecule has 4 saturated carbocycles. The molecular weight excluding hydrogens is 574 g/mol. The minimum absolute atomic E-state index is 0.0179. The molecule has 7 nitrogen and oxygen atoms in total. The maximum Gasteiger partial charge on any atom is 0.239 e. The largest absolute Gasteiger partial charge is 0.493 e. The van der Waals surface area contributed by atoms with E-state index in [0.29, 0.717) is 6.04 Å². The molecule has 1 saturated heterocycles. The van der Waals surface area contributed by atoms with Crippen molar-refractivity contribution in [3.8, 4) is 11.5 Å². The first kappa shape index (κ1) is 28.8. The second kappa shape index (κ2) is 10.3. The highest BCUT2D eigenvalue weighted by Crippen LogP contribution is 2.77. The lowest BCUT2D eigenvalue weighted by molar-refractivity contribution is -0.282. The molecule has 10 rings (SSSR count). The van der Waals surface area contributed by atoms with Crippen LogP contribution in [-0.2, 0) is 21.4 Å². The highest BCUT2D eigenvalue weighted by Gasteiger charge is 2.81. The number of nitrogens with one attached hydrogen (secondary N) is 1. The van der Waals surface area contributed by atoms with Gasteiger partial charge in [0.15, 0.2) is 11.5 Å². The summed E-state index contributed by atoms with van der Waals surface area (Å²) in [4.78, 5) is 16.1. The Morgan fingerprint density at radius 2 is 1.74 bits per heavy atom. The van der Waals surface area contributed by atoms with Crippen molar-refractivity contribution in [2.75, 3.05) is 27.3 Å². The van der Waals surface area contributed by atoms with Gasteiger partial charge in [-0.15, -0.1) is 0 Å². The van der Waals surface area contributed by atoms with Crippen LogP contribution in [0, 0.1) is 17.3 Å². The summed E-state index contributed by atoms with van der Waals surface area (Å²) in [6, 6.07) is 24.6. The quantitative estimate of drug-likeness (QED) is 0.313. The van der Waals surface area contributed by atoms with Gasteiger partial charge in [0.1, 0.15) is 17.7 Å². The Labute approximate surface area is 271 Å². The molecule has 3 aromatic carbocycles. The Morgan fingerprint density at radius 3 is 2.41 bits per heavy atom.